The Morgan fingerprint density at radius 2 is 1.62 bits per heavy atom. The maximum atomic E-state index is 6.79. The van der Waals surface area contributed by atoms with Crippen molar-refractivity contribution >= 4 is 32.7 Å². The van der Waals surface area contributed by atoms with E-state index >= 15 is 0 Å². The molecule has 0 spiro atoms. The van der Waals surface area contributed by atoms with E-state index in [1.807, 2.05) is 12.1 Å². The molecular formula is C28H24N4. The van der Waals surface area contributed by atoms with Crippen molar-refractivity contribution in [3.05, 3.63) is 114 Å². The van der Waals surface area contributed by atoms with Crippen LogP contribution in [0.25, 0.3) is 32.7 Å². The Kier molecular flexibility index (Phi) is 4.51. The highest BCUT2D eigenvalue weighted by Gasteiger charge is 2.19. The Morgan fingerprint density at radius 1 is 0.844 bits per heavy atom. The van der Waals surface area contributed by atoms with Crippen LogP contribution in [0.1, 0.15) is 23.0 Å². The third-order valence-electron chi connectivity index (χ3n) is 6.29. The summed E-state index contributed by atoms with van der Waals surface area (Å²) in [6, 6.07) is 31.6. The fourth-order valence-electron chi connectivity index (χ4n) is 4.69. The summed E-state index contributed by atoms with van der Waals surface area (Å²) in [4.78, 5) is 8.32. The topological polar surface area (TPSA) is 59.6 Å². The van der Waals surface area contributed by atoms with Crippen LogP contribution in [0.4, 0.5) is 0 Å². The van der Waals surface area contributed by atoms with Crippen molar-refractivity contribution in [2.45, 2.75) is 19.0 Å². The van der Waals surface area contributed by atoms with E-state index in [0.717, 1.165) is 35.3 Å². The van der Waals surface area contributed by atoms with Crippen LogP contribution in [0.2, 0.25) is 0 Å². The number of fused-ring (bicyclic) bond motifs is 3. The molecule has 0 aliphatic heterocycles. The van der Waals surface area contributed by atoms with Crippen molar-refractivity contribution < 1.29 is 0 Å². The standard InChI is InChI=1S/C28H24N4/c29-24(16-22-17-30-25-10-4-3-9-23(22)25)28-31-26-11-5-6-12-27(26)32(28)18-19-13-14-20-7-1-2-8-21(20)15-19/h1-15,17,24,30H,16,18,29H2. The molecule has 4 heteroatoms. The quantitative estimate of drug-likeness (QED) is 0.364. The van der Waals surface area contributed by atoms with Crippen LogP contribution >= 0.6 is 0 Å². The van der Waals surface area contributed by atoms with Gasteiger partial charge in [-0.1, -0.05) is 66.7 Å². The minimum absolute atomic E-state index is 0.206. The Morgan fingerprint density at radius 3 is 2.56 bits per heavy atom. The van der Waals surface area contributed by atoms with E-state index in [1.54, 1.807) is 0 Å². The van der Waals surface area contributed by atoms with Gasteiger partial charge in [0.1, 0.15) is 5.82 Å². The van der Waals surface area contributed by atoms with Crippen LogP contribution in [0.15, 0.2) is 97.2 Å². The first-order valence-corrected chi connectivity index (χ1v) is 11.0. The Balaban J connectivity index is 1.40. The van der Waals surface area contributed by atoms with Crippen molar-refractivity contribution in [1.29, 1.82) is 0 Å². The first kappa shape index (κ1) is 18.8. The average molecular weight is 417 g/mol. The highest BCUT2D eigenvalue weighted by Crippen LogP contribution is 2.27. The fourth-order valence-corrected chi connectivity index (χ4v) is 4.69. The number of para-hydroxylation sites is 3. The minimum Gasteiger partial charge on any atom is -0.361 e. The molecule has 0 aliphatic carbocycles. The molecule has 0 amide bonds. The van der Waals surface area contributed by atoms with Crippen LogP contribution in [-0.4, -0.2) is 14.5 Å². The lowest BCUT2D eigenvalue weighted by Gasteiger charge is -2.15. The SMILES string of the molecule is NC(Cc1c[nH]c2ccccc12)c1nc2ccccc2n1Cc1ccc2ccccc2c1. The number of imidazole rings is 1. The first-order chi connectivity index (χ1) is 15.8. The molecule has 0 aliphatic rings. The molecule has 0 fully saturated rings. The number of rotatable bonds is 5. The van der Waals surface area contributed by atoms with Gasteiger partial charge in [-0.3, -0.25) is 0 Å². The van der Waals surface area contributed by atoms with Crippen LogP contribution in [0.5, 0.6) is 0 Å². The van der Waals surface area contributed by atoms with Gasteiger partial charge in [0, 0.05) is 23.6 Å². The number of nitrogens with one attached hydrogen (secondary N) is 1. The first-order valence-electron chi connectivity index (χ1n) is 11.0. The summed E-state index contributed by atoms with van der Waals surface area (Å²) in [5, 5.41) is 3.72. The zero-order chi connectivity index (χ0) is 21.5. The predicted octanol–water partition coefficient (Wildman–Crippen LogP) is 5.96. The van der Waals surface area contributed by atoms with E-state index in [9.17, 15) is 0 Å². The second-order valence-electron chi connectivity index (χ2n) is 8.40. The molecule has 2 heterocycles. The van der Waals surface area contributed by atoms with Crippen LogP contribution in [0, 0.1) is 0 Å². The number of aromatic amines is 1. The molecule has 32 heavy (non-hydrogen) atoms. The molecule has 0 bridgehead atoms. The summed E-state index contributed by atoms with van der Waals surface area (Å²) in [6.45, 7) is 0.738. The Labute approximate surface area is 186 Å². The summed E-state index contributed by atoms with van der Waals surface area (Å²) in [7, 11) is 0. The van der Waals surface area contributed by atoms with Crippen LogP contribution < -0.4 is 5.73 Å². The summed E-state index contributed by atoms with van der Waals surface area (Å²) in [5.41, 5.74) is 12.5. The van der Waals surface area contributed by atoms with Gasteiger partial charge in [0.05, 0.1) is 17.1 Å². The normalized spacial score (nSPS) is 12.7. The van der Waals surface area contributed by atoms with Crippen molar-refractivity contribution in [2.24, 2.45) is 5.73 Å². The van der Waals surface area contributed by atoms with E-state index in [-0.39, 0.29) is 6.04 Å². The smallest absolute Gasteiger partial charge is 0.127 e. The number of benzene rings is 4. The third kappa shape index (κ3) is 3.26. The Hall–Kier alpha value is -3.89. The lowest BCUT2D eigenvalue weighted by molar-refractivity contribution is 0.620. The molecule has 6 aromatic rings. The lowest BCUT2D eigenvalue weighted by atomic mass is 10.0. The highest BCUT2D eigenvalue weighted by molar-refractivity contribution is 5.84. The van der Waals surface area contributed by atoms with Gasteiger partial charge in [-0.25, -0.2) is 4.98 Å². The third-order valence-corrected chi connectivity index (χ3v) is 6.29. The van der Waals surface area contributed by atoms with Gasteiger partial charge in [0.25, 0.3) is 0 Å². The molecule has 2 aromatic heterocycles. The minimum atomic E-state index is -0.206. The van der Waals surface area contributed by atoms with Crippen molar-refractivity contribution in [1.82, 2.24) is 14.5 Å². The number of H-pyrrole nitrogens is 1. The monoisotopic (exact) mass is 416 g/mol. The fraction of sp³-hybridized carbons (Fsp3) is 0.107. The molecule has 0 radical (unpaired) electrons. The maximum Gasteiger partial charge on any atom is 0.127 e. The van der Waals surface area contributed by atoms with Gasteiger partial charge in [-0.05, 0) is 52.6 Å². The molecule has 4 aromatic carbocycles. The predicted molar refractivity (Wildman–Crippen MR) is 132 cm³/mol. The van der Waals surface area contributed by atoms with Gasteiger partial charge in [0.15, 0.2) is 0 Å². The largest absolute Gasteiger partial charge is 0.361 e. The van der Waals surface area contributed by atoms with E-state index < -0.39 is 0 Å². The number of aromatic nitrogens is 3. The Bertz CT molecular complexity index is 1560. The molecule has 1 unspecified atom stereocenters. The summed E-state index contributed by atoms with van der Waals surface area (Å²) >= 11 is 0. The summed E-state index contributed by atoms with van der Waals surface area (Å²) < 4.78 is 2.28. The van der Waals surface area contributed by atoms with Crippen molar-refractivity contribution in [2.75, 3.05) is 0 Å². The number of hydrogen-bond donors (Lipinski definition) is 2. The molecule has 156 valence electrons. The van der Waals surface area contributed by atoms with Crippen LogP contribution in [0.3, 0.4) is 0 Å². The van der Waals surface area contributed by atoms with E-state index in [4.69, 9.17) is 10.7 Å². The van der Waals surface area contributed by atoms with Gasteiger partial charge in [-0.2, -0.15) is 0 Å². The second kappa shape index (κ2) is 7.66. The van der Waals surface area contributed by atoms with Gasteiger partial charge in [0.2, 0.25) is 0 Å². The maximum absolute atomic E-state index is 6.79. The second-order valence-corrected chi connectivity index (χ2v) is 8.40. The van der Waals surface area contributed by atoms with E-state index in [2.05, 4.69) is 94.6 Å². The highest BCUT2D eigenvalue weighted by atomic mass is 15.1. The zero-order valence-corrected chi connectivity index (χ0v) is 17.7. The van der Waals surface area contributed by atoms with E-state index in [0.29, 0.717) is 0 Å². The molecule has 4 nitrogen and oxygen atoms in total. The summed E-state index contributed by atoms with van der Waals surface area (Å²) in [5.74, 6) is 0.921. The zero-order valence-electron chi connectivity index (χ0n) is 17.7. The number of nitrogens with zero attached hydrogens (tertiary/aromatic N) is 2. The molecule has 3 N–H and O–H groups in total. The summed E-state index contributed by atoms with van der Waals surface area (Å²) in [6.07, 6.45) is 2.80. The van der Waals surface area contributed by atoms with Gasteiger partial charge >= 0.3 is 0 Å². The lowest BCUT2D eigenvalue weighted by Crippen LogP contribution is -2.19. The van der Waals surface area contributed by atoms with Crippen molar-refractivity contribution in [3.63, 3.8) is 0 Å². The van der Waals surface area contributed by atoms with Gasteiger partial charge in [-0.15, -0.1) is 0 Å². The van der Waals surface area contributed by atoms with Crippen LogP contribution in [-0.2, 0) is 13.0 Å². The molecule has 0 saturated carbocycles. The molecule has 1 atom stereocenters. The molecule has 0 saturated heterocycles. The van der Waals surface area contributed by atoms with Crippen molar-refractivity contribution in [3.8, 4) is 0 Å². The number of hydrogen-bond acceptors (Lipinski definition) is 2. The number of nitrogens with two attached hydrogens (primary N) is 1. The molecule has 6 rings (SSSR count). The van der Waals surface area contributed by atoms with Gasteiger partial charge < -0.3 is 15.3 Å². The molecular weight excluding hydrogens is 392 g/mol. The average Bonchev–Trinajstić information content (AvgIpc) is 3.41. The van der Waals surface area contributed by atoms with E-state index in [1.165, 1.54) is 27.3 Å².